The van der Waals surface area contributed by atoms with Crippen molar-refractivity contribution in [3.8, 4) is 0 Å². The first kappa shape index (κ1) is 14.2. The van der Waals surface area contributed by atoms with Gasteiger partial charge in [-0.1, -0.05) is 0 Å². The van der Waals surface area contributed by atoms with E-state index in [9.17, 15) is 0 Å². The van der Waals surface area contributed by atoms with Crippen molar-refractivity contribution < 1.29 is 0 Å². The van der Waals surface area contributed by atoms with Crippen LogP contribution in [0.25, 0.3) is 0 Å². The van der Waals surface area contributed by atoms with Gasteiger partial charge >= 0.3 is 0 Å². The summed E-state index contributed by atoms with van der Waals surface area (Å²) in [5.74, 6) is 0. The lowest BCUT2D eigenvalue weighted by molar-refractivity contribution is 0.596. The van der Waals surface area contributed by atoms with Gasteiger partial charge in [0.05, 0.1) is 7.57 Å². The van der Waals surface area contributed by atoms with Crippen LogP contribution in [0.2, 0.25) is 0 Å². The lowest BCUT2D eigenvalue weighted by Gasteiger charge is -2.14. The first-order chi connectivity index (χ1) is 8.10. The quantitative estimate of drug-likeness (QED) is 0.627. The topological polar surface area (TPSA) is 12.0 Å². The molecule has 0 amide bonds. The Morgan fingerprint density at radius 2 is 2.06 bits per heavy atom. The Balaban J connectivity index is 2.19. The van der Waals surface area contributed by atoms with E-state index in [1.165, 1.54) is 14.2 Å². The molecule has 0 aliphatic rings. The third-order valence-corrected chi connectivity index (χ3v) is 6.54. The normalized spacial score (nSPS) is 12.9. The van der Waals surface area contributed by atoms with E-state index < -0.39 is 0 Å². The van der Waals surface area contributed by atoms with Crippen molar-refractivity contribution in [3.63, 3.8) is 0 Å². The van der Waals surface area contributed by atoms with Crippen LogP contribution in [0.3, 0.4) is 0 Å². The van der Waals surface area contributed by atoms with Gasteiger partial charge in [-0.05, 0) is 72.5 Å². The van der Waals surface area contributed by atoms with Crippen molar-refractivity contribution in [1.29, 1.82) is 0 Å². The minimum Gasteiger partial charge on any atom is -0.313 e. The lowest BCUT2D eigenvalue weighted by Crippen LogP contribution is -2.18. The largest absolute Gasteiger partial charge is 0.313 e. The van der Waals surface area contributed by atoms with Gasteiger partial charge in [-0.2, -0.15) is 0 Å². The van der Waals surface area contributed by atoms with Crippen molar-refractivity contribution in [2.24, 2.45) is 0 Å². The highest BCUT2D eigenvalue weighted by atomic mass is 79.9. The van der Waals surface area contributed by atoms with Crippen LogP contribution in [-0.2, 0) is 6.42 Å². The fourth-order valence-electron chi connectivity index (χ4n) is 1.62. The van der Waals surface area contributed by atoms with Crippen molar-refractivity contribution in [3.05, 3.63) is 40.0 Å². The van der Waals surface area contributed by atoms with Crippen LogP contribution in [0, 0.1) is 0 Å². The minimum atomic E-state index is 0.345. The molecule has 0 bridgehead atoms. The minimum absolute atomic E-state index is 0.345. The van der Waals surface area contributed by atoms with Crippen molar-refractivity contribution in [1.82, 2.24) is 5.32 Å². The van der Waals surface area contributed by atoms with E-state index in [-0.39, 0.29) is 0 Å². The third-order valence-electron chi connectivity index (χ3n) is 2.43. The molecule has 6 heteroatoms. The Kier molecular flexibility index (Phi) is 5.27. The van der Waals surface area contributed by atoms with Gasteiger partial charge in [0.1, 0.15) is 0 Å². The molecule has 2 heterocycles. The maximum atomic E-state index is 3.62. The number of likely N-dealkylation sites (N-methyl/N-ethyl adjacent to an activating group) is 1. The van der Waals surface area contributed by atoms with Crippen LogP contribution in [0.1, 0.15) is 16.5 Å². The Morgan fingerprint density at radius 3 is 2.53 bits per heavy atom. The fourth-order valence-corrected chi connectivity index (χ4v) is 6.09. The summed E-state index contributed by atoms with van der Waals surface area (Å²) in [4.78, 5) is 1.38. The zero-order valence-corrected chi connectivity index (χ0v) is 15.4. The van der Waals surface area contributed by atoms with Crippen LogP contribution in [0.5, 0.6) is 0 Å². The summed E-state index contributed by atoms with van der Waals surface area (Å²) in [6, 6.07) is 4.71. The molecule has 0 aliphatic carbocycles. The molecule has 1 N–H and O–H groups in total. The van der Waals surface area contributed by atoms with Gasteiger partial charge in [0.25, 0.3) is 0 Å². The van der Waals surface area contributed by atoms with Gasteiger partial charge in [-0.3, -0.25) is 0 Å². The first-order valence-electron chi connectivity index (χ1n) is 4.95. The molecule has 2 rings (SSSR count). The molecule has 1 unspecified atom stereocenters. The number of thiophene rings is 2. The van der Waals surface area contributed by atoms with Gasteiger partial charge in [-0.25, -0.2) is 0 Å². The molecule has 0 aromatic carbocycles. The van der Waals surface area contributed by atoms with E-state index in [1.807, 2.05) is 7.05 Å². The molecule has 1 atom stereocenters. The third kappa shape index (κ3) is 3.64. The van der Waals surface area contributed by atoms with Crippen LogP contribution in [0.4, 0.5) is 0 Å². The van der Waals surface area contributed by atoms with E-state index in [4.69, 9.17) is 0 Å². The summed E-state index contributed by atoms with van der Waals surface area (Å²) < 4.78 is 3.52. The summed E-state index contributed by atoms with van der Waals surface area (Å²) in [5.41, 5.74) is 1.31. The van der Waals surface area contributed by atoms with Crippen molar-refractivity contribution >= 4 is 70.5 Å². The maximum absolute atomic E-state index is 3.62. The lowest BCUT2D eigenvalue weighted by atomic mass is 10.1. The number of hydrogen-bond donors (Lipinski definition) is 1. The standard InChI is InChI=1S/C11H10Br3NS2/c1-15-9(3-7-2-6(12)5-16-7)8-4-10(13)17-11(8)14/h2,4-5,9,15H,3H2,1H3. The second-order valence-electron chi connectivity index (χ2n) is 3.56. The first-order valence-corrected chi connectivity index (χ1v) is 9.02. The van der Waals surface area contributed by atoms with Crippen LogP contribution < -0.4 is 5.32 Å². The van der Waals surface area contributed by atoms with E-state index >= 15 is 0 Å². The SMILES string of the molecule is CNC(Cc1cc(Br)cs1)c1cc(Br)sc1Br. The molecular formula is C11H10Br3NS2. The van der Waals surface area contributed by atoms with E-state index in [1.54, 1.807) is 22.7 Å². The number of nitrogens with one attached hydrogen (secondary N) is 1. The molecule has 0 aliphatic heterocycles. The molecule has 0 saturated carbocycles. The second kappa shape index (κ2) is 6.30. The van der Waals surface area contributed by atoms with E-state index in [0.717, 1.165) is 14.7 Å². The monoisotopic (exact) mass is 457 g/mol. The molecule has 2 aromatic rings. The molecular weight excluding hydrogens is 450 g/mol. The van der Waals surface area contributed by atoms with Crippen molar-refractivity contribution in [2.75, 3.05) is 7.05 Å². The predicted octanol–water partition coefficient (Wildman–Crippen LogP) is 5.60. The predicted molar refractivity (Wildman–Crippen MR) is 87.2 cm³/mol. The average molecular weight is 460 g/mol. The molecule has 2 aromatic heterocycles. The molecule has 1 nitrogen and oxygen atoms in total. The molecule has 0 saturated heterocycles. The Hall–Kier alpha value is 0.800. The van der Waals surface area contributed by atoms with Crippen LogP contribution in [0.15, 0.2) is 29.6 Å². The molecule has 17 heavy (non-hydrogen) atoms. The number of rotatable bonds is 4. The van der Waals surface area contributed by atoms with Gasteiger partial charge < -0.3 is 5.32 Å². The number of halogens is 3. The number of hydrogen-bond acceptors (Lipinski definition) is 3. The molecule has 0 fully saturated rings. The van der Waals surface area contributed by atoms with Crippen LogP contribution >= 0.6 is 70.5 Å². The average Bonchev–Trinajstić information content (AvgIpc) is 2.82. The summed E-state index contributed by atoms with van der Waals surface area (Å²) in [5, 5.41) is 5.50. The van der Waals surface area contributed by atoms with Crippen molar-refractivity contribution in [2.45, 2.75) is 12.5 Å². The van der Waals surface area contributed by atoms with Gasteiger partial charge in [0, 0.05) is 27.2 Å². The highest BCUT2D eigenvalue weighted by molar-refractivity contribution is 9.12. The Morgan fingerprint density at radius 1 is 1.29 bits per heavy atom. The van der Waals surface area contributed by atoms with Gasteiger partial charge in [0.15, 0.2) is 0 Å². The van der Waals surface area contributed by atoms with E-state index in [2.05, 4.69) is 70.6 Å². The zero-order valence-electron chi connectivity index (χ0n) is 8.97. The summed E-state index contributed by atoms with van der Waals surface area (Å²) in [7, 11) is 2.01. The Labute approximate surface area is 134 Å². The second-order valence-corrected chi connectivity index (χ2v) is 9.22. The molecule has 92 valence electrons. The zero-order chi connectivity index (χ0) is 12.4. The summed E-state index contributed by atoms with van der Waals surface area (Å²) >= 11 is 14.1. The smallest absolute Gasteiger partial charge is 0.0758 e. The van der Waals surface area contributed by atoms with Gasteiger partial charge in [0.2, 0.25) is 0 Å². The fraction of sp³-hybridized carbons (Fsp3) is 0.273. The van der Waals surface area contributed by atoms with E-state index in [0.29, 0.717) is 6.04 Å². The molecule has 0 spiro atoms. The van der Waals surface area contributed by atoms with Crippen LogP contribution in [-0.4, -0.2) is 7.05 Å². The summed E-state index contributed by atoms with van der Waals surface area (Å²) in [6.07, 6.45) is 1.01. The molecule has 0 radical (unpaired) electrons. The Bertz CT molecular complexity index is 507. The highest BCUT2D eigenvalue weighted by Gasteiger charge is 2.16. The summed E-state index contributed by atoms with van der Waals surface area (Å²) in [6.45, 7) is 0. The highest BCUT2D eigenvalue weighted by Crippen LogP contribution is 2.37. The van der Waals surface area contributed by atoms with Gasteiger partial charge in [-0.15, -0.1) is 22.7 Å². The maximum Gasteiger partial charge on any atom is 0.0758 e.